The highest BCUT2D eigenvalue weighted by Gasteiger charge is 2.51. The smallest absolute Gasteiger partial charge is 0.160 e. The van der Waals surface area contributed by atoms with Crippen molar-refractivity contribution in [3.63, 3.8) is 0 Å². The first-order valence-corrected chi connectivity index (χ1v) is 20.1. The molecule has 2 nitrogen and oxygen atoms in total. The summed E-state index contributed by atoms with van der Waals surface area (Å²) in [6, 6.07) is 69.5. The summed E-state index contributed by atoms with van der Waals surface area (Å²) in [6.45, 7) is 0. The molecule has 13 rings (SSSR count). The lowest BCUT2D eigenvalue weighted by atomic mass is 9.70. The molecule has 1 spiro atoms. The zero-order chi connectivity index (χ0) is 36.5. The fourth-order valence-electron chi connectivity index (χ4n) is 10.2. The number of hydrogen-bond donors (Lipinski definition) is 0. The van der Waals surface area contributed by atoms with Gasteiger partial charge >= 0.3 is 0 Å². The number of hydrogen-bond acceptors (Lipinski definition) is 3. The van der Waals surface area contributed by atoms with Crippen LogP contribution >= 0.6 is 11.3 Å². The number of anilines is 3. The van der Waals surface area contributed by atoms with Crippen LogP contribution in [-0.2, 0) is 5.41 Å². The van der Waals surface area contributed by atoms with Crippen molar-refractivity contribution in [2.24, 2.45) is 0 Å². The number of para-hydroxylation sites is 1. The number of fused-ring (bicyclic) bond motifs is 18. The summed E-state index contributed by atoms with van der Waals surface area (Å²) in [5.74, 6) is 0. The lowest BCUT2D eigenvalue weighted by Crippen LogP contribution is -2.26. The molecule has 2 aromatic heterocycles. The molecule has 0 saturated carbocycles. The molecule has 0 fully saturated rings. The molecule has 2 aliphatic carbocycles. The van der Waals surface area contributed by atoms with E-state index < -0.39 is 5.41 Å². The summed E-state index contributed by atoms with van der Waals surface area (Å²) in [5, 5.41) is 7.23. The Labute approximate surface area is 327 Å². The first-order valence-electron chi connectivity index (χ1n) is 19.3. The largest absolute Gasteiger partial charge is 0.454 e. The van der Waals surface area contributed by atoms with Crippen molar-refractivity contribution in [3.05, 3.63) is 210 Å². The topological polar surface area (TPSA) is 16.4 Å². The Morgan fingerprint density at radius 3 is 1.75 bits per heavy atom. The zero-order valence-electron chi connectivity index (χ0n) is 30.2. The Morgan fingerprint density at radius 2 is 1.00 bits per heavy atom. The van der Waals surface area contributed by atoms with Gasteiger partial charge in [-0.1, -0.05) is 146 Å². The third-order valence-electron chi connectivity index (χ3n) is 12.4. The van der Waals surface area contributed by atoms with Crippen LogP contribution in [0.5, 0.6) is 0 Å². The normalized spacial score (nSPS) is 13.5. The molecule has 0 N–H and O–H groups in total. The Bertz CT molecular complexity index is 3390. The number of benzene rings is 9. The fraction of sp³-hybridized carbons (Fsp3) is 0.0189. The summed E-state index contributed by atoms with van der Waals surface area (Å²) in [4.78, 5) is 2.45. The van der Waals surface area contributed by atoms with Crippen LogP contribution in [0, 0.1) is 0 Å². The summed E-state index contributed by atoms with van der Waals surface area (Å²) in [5.41, 5.74) is 15.1. The second-order valence-corrected chi connectivity index (χ2v) is 16.2. The molecule has 56 heavy (non-hydrogen) atoms. The van der Waals surface area contributed by atoms with Crippen molar-refractivity contribution in [2.45, 2.75) is 5.41 Å². The number of rotatable bonds is 3. The molecule has 0 bridgehead atoms. The molecular formula is C53H31NOS. The van der Waals surface area contributed by atoms with E-state index in [1.165, 1.54) is 80.8 Å². The van der Waals surface area contributed by atoms with E-state index in [1.54, 1.807) is 0 Å². The van der Waals surface area contributed by atoms with Crippen molar-refractivity contribution < 1.29 is 4.42 Å². The van der Waals surface area contributed by atoms with Gasteiger partial charge in [-0.05, 0) is 97.7 Å². The van der Waals surface area contributed by atoms with E-state index in [2.05, 4.69) is 193 Å². The minimum Gasteiger partial charge on any atom is -0.454 e. The highest BCUT2D eigenvalue weighted by molar-refractivity contribution is 7.26. The van der Waals surface area contributed by atoms with Gasteiger partial charge < -0.3 is 9.32 Å². The van der Waals surface area contributed by atoms with Gasteiger partial charge in [0, 0.05) is 42.3 Å². The van der Waals surface area contributed by atoms with Gasteiger partial charge in [-0.25, -0.2) is 0 Å². The van der Waals surface area contributed by atoms with Crippen LogP contribution < -0.4 is 4.90 Å². The summed E-state index contributed by atoms with van der Waals surface area (Å²) in [6.07, 6.45) is 0. The van der Waals surface area contributed by atoms with Gasteiger partial charge in [0.05, 0.1) is 11.1 Å². The molecule has 2 aliphatic rings. The average Bonchev–Trinajstić information content (AvgIpc) is 3.99. The summed E-state index contributed by atoms with van der Waals surface area (Å²) < 4.78 is 9.53. The van der Waals surface area contributed by atoms with Crippen LogP contribution in [0.1, 0.15) is 22.3 Å². The van der Waals surface area contributed by atoms with Crippen LogP contribution in [0.2, 0.25) is 0 Å². The first-order chi connectivity index (χ1) is 27.8. The Hall–Kier alpha value is -6.94. The molecule has 0 amide bonds. The minimum atomic E-state index is -0.452. The van der Waals surface area contributed by atoms with E-state index in [0.717, 1.165) is 33.6 Å². The monoisotopic (exact) mass is 729 g/mol. The number of furan rings is 1. The second kappa shape index (κ2) is 11.1. The van der Waals surface area contributed by atoms with Crippen LogP contribution in [0.15, 0.2) is 192 Å². The lowest BCUT2D eigenvalue weighted by molar-refractivity contribution is 0.669. The molecule has 0 radical (unpaired) electrons. The molecule has 0 aliphatic heterocycles. The third kappa shape index (κ3) is 3.85. The maximum Gasteiger partial charge on any atom is 0.160 e. The Morgan fingerprint density at radius 1 is 0.429 bits per heavy atom. The molecule has 0 atom stereocenters. The molecule has 260 valence electrons. The molecular weight excluding hydrogens is 699 g/mol. The van der Waals surface area contributed by atoms with Crippen molar-refractivity contribution in [1.82, 2.24) is 0 Å². The van der Waals surface area contributed by atoms with Gasteiger partial charge in [0.2, 0.25) is 0 Å². The van der Waals surface area contributed by atoms with E-state index >= 15 is 0 Å². The van der Waals surface area contributed by atoms with Crippen LogP contribution in [0.4, 0.5) is 17.1 Å². The van der Waals surface area contributed by atoms with Gasteiger partial charge in [0.15, 0.2) is 5.58 Å². The Balaban J connectivity index is 1.16. The van der Waals surface area contributed by atoms with Crippen molar-refractivity contribution in [2.75, 3.05) is 4.90 Å². The van der Waals surface area contributed by atoms with Gasteiger partial charge in [-0.15, -0.1) is 11.3 Å². The minimum absolute atomic E-state index is 0.452. The quantitative estimate of drug-likeness (QED) is 0.180. The molecule has 0 unspecified atom stereocenters. The van der Waals surface area contributed by atoms with Crippen molar-refractivity contribution in [3.8, 4) is 22.3 Å². The molecule has 3 heteroatoms. The second-order valence-electron chi connectivity index (χ2n) is 15.2. The molecule has 11 aromatic rings. The maximum atomic E-state index is 6.99. The van der Waals surface area contributed by atoms with E-state index in [0.29, 0.717) is 0 Å². The van der Waals surface area contributed by atoms with E-state index in [-0.39, 0.29) is 0 Å². The predicted molar refractivity (Wildman–Crippen MR) is 235 cm³/mol. The summed E-state index contributed by atoms with van der Waals surface area (Å²) >= 11 is 1.85. The SMILES string of the molecule is c1ccc2c(c1)-c1ccccc1C21c2ccccc2-c2ccc(N(c3ccc4ccccc4c3)c3cc4c5ccccc5sc4c4c3oc3ccccc34)cc21. The van der Waals surface area contributed by atoms with Crippen molar-refractivity contribution >= 4 is 81.3 Å². The highest BCUT2D eigenvalue weighted by Crippen LogP contribution is 2.63. The van der Waals surface area contributed by atoms with E-state index in [9.17, 15) is 0 Å². The van der Waals surface area contributed by atoms with E-state index in [1.807, 2.05) is 11.3 Å². The number of nitrogens with zero attached hydrogens (tertiary/aromatic N) is 1. The van der Waals surface area contributed by atoms with Gasteiger partial charge in [0.25, 0.3) is 0 Å². The van der Waals surface area contributed by atoms with Gasteiger partial charge in [0.1, 0.15) is 5.58 Å². The van der Waals surface area contributed by atoms with Crippen molar-refractivity contribution in [1.29, 1.82) is 0 Å². The van der Waals surface area contributed by atoms with Crippen LogP contribution in [-0.4, -0.2) is 0 Å². The number of thiophene rings is 1. The standard InChI is InChI=1S/C53H31NOS/c1-2-14-33-29-34(26-25-32(33)13-1)54(47-31-42-40-18-7-12-24-49(40)56-52(42)50-41-19-6-11-23-48(41)55-51(47)50)35-27-28-39-38-17-5-10-22-45(38)53(46(39)30-35)43-20-8-3-15-36(43)37-16-4-9-21-44(37)53/h1-31H. The molecule has 2 heterocycles. The predicted octanol–water partition coefficient (Wildman–Crippen LogP) is 14.9. The van der Waals surface area contributed by atoms with Crippen LogP contribution in [0.3, 0.4) is 0 Å². The van der Waals surface area contributed by atoms with Gasteiger partial charge in [-0.3, -0.25) is 0 Å². The first kappa shape index (κ1) is 30.4. The third-order valence-corrected chi connectivity index (χ3v) is 13.6. The average molecular weight is 730 g/mol. The lowest BCUT2D eigenvalue weighted by Gasteiger charge is -2.32. The molecule has 0 saturated heterocycles. The highest BCUT2D eigenvalue weighted by atomic mass is 32.1. The zero-order valence-corrected chi connectivity index (χ0v) is 31.0. The maximum absolute atomic E-state index is 6.99. The molecule has 9 aromatic carbocycles. The van der Waals surface area contributed by atoms with Crippen LogP contribution in [0.25, 0.3) is 75.1 Å². The fourth-order valence-corrected chi connectivity index (χ4v) is 11.4. The summed E-state index contributed by atoms with van der Waals surface area (Å²) in [7, 11) is 0. The Kier molecular flexibility index (Phi) is 6.01. The van der Waals surface area contributed by atoms with Gasteiger partial charge in [-0.2, -0.15) is 0 Å². The van der Waals surface area contributed by atoms with E-state index in [4.69, 9.17) is 4.42 Å².